The van der Waals surface area contributed by atoms with E-state index < -0.39 is 0 Å². The van der Waals surface area contributed by atoms with Gasteiger partial charge in [-0.1, -0.05) is 30.3 Å². The molecule has 0 aliphatic heterocycles. The Bertz CT molecular complexity index is 628. The van der Waals surface area contributed by atoms with Gasteiger partial charge in [-0.3, -0.25) is 4.79 Å². The average molecular weight is 327 g/mol. The molecule has 0 aliphatic rings. The third-order valence-corrected chi connectivity index (χ3v) is 3.63. The van der Waals surface area contributed by atoms with Gasteiger partial charge in [-0.15, -0.1) is 10.2 Å². The van der Waals surface area contributed by atoms with Gasteiger partial charge in [0.25, 0.3) is 5.91 Å². The fourth-order valence-corrected chi connectivity index (χ4v) is 2.26. The first-order chi connectivity index (χ1) is 11.6. The molecule has 1 amide bonds. The lowest BCUT2D eigenvalue weighted by atomic mass is 10.1. The van der Waals surface area contributed by atoms with Crippen molar-refractivity contribution in [2.45, 2.75) is 19.4 Å². The van der Waals surface area contributed by atoms with Crippen LogP contribution >= 0.6 is 0 Å². The Morgan fingerprint density at radius 1 is 1.12 bits per heavy atom. The third-order valence-electron chi connectivity index (χ3n) is 3.63. The molecule has 1 unspecified atom stereocenters. The van der Waals surface area contributed by atoms with E-state index in [2.05, 4.69) is 44.8 Å². The van der Waals surface area contributed by atoms with Crippen molar-refractivity contribution < 1.29 is 4.79 Å². The largest absolute Gasteiger partial charge is 0.362 e. The zero-order valence-electron chi connectivity index (χ0n) is 14.5. The van der Waals surface area contributed by atoms with E-state index in [-0.39, 0.29) is 11.9 Å². The molecule has 0 saturated carbocycles. The second-order valence-corrected chi connectivity index (χ2v) is 5.99. The van der Waals surface area contributed by atoms with E-state index in [0.29, 0.717) is 18.1 Å². The standard InChI is InChI=1S/C18H25N5O/c1-14(15-8-5-4-6-9-15)20-17-11-10-16(21-22-17)18(24)19-12-7-13-23(2)3/h4-6,8-11,14H,7,12-13H2,1-3H3,(H,19,24)(H,20,22). The molecule has 1 aromatic carbocycles. The first kappa shape index (κ1) is 17.9. The Kier molecular flexibility index (Phi) is 6.69. The number of nitrogens with zero attached hydrogens (tertiary/aromatic N) is 3. The van der Waals surface area contributed by atoms with Crippen molar-refractivity contribution in [3.05, 3.63) is 53.7 Å². The molecule has 0 fully saturated rings. The van der Waals surface area contributed by atoms with E-state index in [9.17, 15) is 4.79 Å². The van der Waals surface area contributed by atoms with Crippen LogP contribution in [0.15, 0.2) is 42.5 Å². The van der Waals surface area contributed by atoms with Gasteiger partial charge in [0.05, 0.1) is 0 Å². The molecule has 0 saturated heterocycles. The number of aromatic nitrogens is 2. The zero-order valence-corrected chi connectivity index (χ0v) is 14.5. The Morgan fingerprint density at radius 2 is 1.88 bits per heavy atom. The number of benzene rings is 1. The van der Waals surface area contributed by atoms with Gasteiger partial charge >= 0.3 is 0 Å². The second kappa shape index (κ2) is 8.98. The Hall–Kier alpha value is -2.47. The lowest BCUT2D eigenvalue weighted by Gasteiger charge is -2.14. The maximum absolute atomic E-state index is 12.0. The maximum Gasteiger partial charge on any atom is 0.271 e. The summed E-state index contributed by atoms with van der Waals surface area (Å²) in [7, 11) is 4.02. The van der Waals surface area contributed by atoms with Crippen molar-refractivity contribution in [1.29, 1.82) is 0 Å². The van der Waals surface area contributed by atoms with Crippen molar-refractivity contribution in [2.24, 2.45) is 0 Å². The minimum absolute atomic E-state index is 0.117. The molecular weight excluding hydrogens is 302 g/mol. The summed E-state index contributed by atoms with van der Waals surface area (Å²) in [5.41, 5.74) is 1.50. The van der Waals surface area contributed by atoms with Crippen LogP contribution in [0.1, 0.15) is 35.4 Å². The molecular formula is C18H25N5O. The number of carbonyl (C=O) groups is 1. The first-order valence-corrected chi connectivity index (χ1v) is 8.14. The number of carbonyl (C=O) groups excluding carboxylic acids is 1. The summed E-state index contributed by atoms with van der Waals surface area (Å²) < 4.78 is 0. The van der Waals surface area contributed by atoms with Crippen LogP contribution in [0.5, 0.6) is 0 Å². The summed E-state index contributed by atoms with van der Waals surface area (Å²) in [4.78, 5) is 14.1. The monoisotopic (exact) mass is 327 g/mol. The highest BCUT2D eigenvalue weighted by molar-refractivity contribution is 5.92. The third kappa shape index (κ3) is 5.62. The second-order valence-electron chi connectivity index (χ2n) is 5.99. The van der Waals surface area contributed by atoms with E-state index in [1.54, 1.807) is 12.1 Å². The van der Waals surface area contributed by atoms with Crippen LogP contribution in [0, 0.1) is 0 Å². The number of hydrogen-bond donors (Lipinski definition) is 2. The van der Waals surface area contributed by atoms with Gasteiger partial charge in [-0.25, -0.2) is 0 Å². The van der Waals surface area contributed by atoms with Gasteiger partial charge in [0, 0.05) is 12.6 Å². The Labute approximate surface area is 143 Å². The molecule has 0 bridgehead atoms. The Morgan fingerprint density at radius 3 is 2.50 bits per heavy atom. The summed E-state index contributed by atoms with van der Waals surface area (Å²) in [6.45, 7) is 3.62. The van der Waals surface area contributed by atoms with Crippen LogP contribution in [0.4, 0.5) is 5.82 Å². The molecule has 2 aromatic rings. The molecule has 128 valence electrons. The van der Waals surface area contributed by atoms with Crippen LogP contribution in [0.2, 0.25) is 0 Å². The van der Waals surface area contributed by atoms with E-state index >= 15 is 0 Å². The normalized spacial score (nSPS) is 12.0. The first-order valence-electron chi connectivity index (χ1n) is 8.14. The topological polar surface area (TPSA) is 70.2 Å². The number of anilines is 1. The quantitative estimate of drug-likeness (QED) is 0.728. The Balaban J connectivity index is 1.85. The number of amides is 1. The molecule has 24 heavy (non-hydrogen) atoms. The fraction of sp³-hybridized carbons (Fsp3) is 0.389. The van der Waals surface area contributed by atoms with Gasteiger partial charge in [-0.05, 0) is 51.7 Å². The van der Waals surface area contributed by atoms with Gasteiger partial charge in [0.2, 0.25) is 0 Å². The van der Waals surface area contributed by atoms with Crippen LogP contribution in [0.3, 0.4) is 0 Å². The van der Waals surface area contributed by atoms with E-state index in [1.807, 2.05) is 32.3 Å². The van der Waals surface area contributed by atoms with Gasteiger partial charge in [0.1, 0.15) is 5.82 Å². The molecule has 1 heterocycles. The molecule has 1 aromatic heterocycles. The van der Waals surface area contributed by atoms with Gasteiger partial charge < -0.3 is 15.5 Å². The maximum atomic E-state index is 12.0. The number of hydrogen-bond acceptors (Lipinski definition) is 5. The van der Waals surface area contributed by atoms with Crippen LogP contribution in [0.25, 0.3) is 0 Å². The molecule has 1 atom stereocenters. The highest BCUT2D eigenvalue weighted by atomic mass is 16.1. The number of rotatable bonds is 8. The average Bonchev–Trinajstić information content (AvgIpc) is 2.59. The molecule has 0 spiro atoms. The molecule has 0 aliphatic carbocycles. The van der Waals surface area contributed by atoms with Gasteiger partial charge in [-0.2, -0.15) is 0 Å². The summed E-state index contributed by atoms with van der Waals surface area (Å²) in [5, 5.41) is 14.2. The SMILES string of the molecule is CC(Nc1ccc(C(=O)NCCCN(C)C)nn1)c1ccccc1. The van der Waals surface area contributed by atoms with E-state index in [1.165, 1.54) is 5.56 Å². The minimum Gasteiger partial charge on any atom is -0.362 e. The van der Waals surface area contributed by atoms with Gasteiger partial charge in [0.15, 0.2) is 5.69 Å². The highest BCUT2D eigenvalue weighted by Crippen LogP contribution is 2.16. The smallest absolute Gasteiger partial charge is 0.271 e. The minimum atomic E-state index is -0.191. The molecule has 2 N–H and O–H groups in total. The predicted octanol–water partition coefficient (Wildman–Crippen LogP) is 2.33. The molecule has 6 heteroatoms. The summed E-state index contributed by atoms with van der Waals surface area (Å²) in [6.07, 6.45) is 0.903. The van der Waals surface area contributed by atoms with E-state index in [4.69, 9.17) is 0 Å². The van der Waals surface area contributed by atoms with Crippen molar-refractivity contribution >= 4 is 11.7 Å². The number of nitrogens with one attached hydrogen (secondary N) is 2. The van der Waals surface area contributed by atoms with E-state index in [0.717, 1.165) is 13.0 Å². The molecule has 6 nitrogen and oxygen atoms in total. The lowest BCUT2D eigenvalue weighted by molar-refractivity contribution is 0.0946. The molecule has 0 radical (unpaired) electrons. The lowest BCUT2D eigenvalue weighted by Crippen LogP contribution is -2.28. The van der Waals surface area contributed by atoms with Crippen molar-refractivity contribution in [1.82, 2.24) is 20.4 Å². The highest BCUT2D eigenvalue weighted by Gasteiger charge is 2.09. The van der Waals surface area contributed by atoms with Crippen molar-refractivity contribution in [3.8, 4) is 0 Å². The predicted molar refractivity (Wildman–Crippen MR) is 96.0 cm³/mol. The van der Waals surface area contributed by atoms with Crippen LogP contribution < -0.4 is 10.6 Å². The van der Waals surface area contributed by atoms with Crippen LogP contribution in [-0.4, -0.2) is 48.2 Å². The summed E-state index contributed by atoms with van der Waals surface area (Å²) in [5.74, 6) is 0.458. The summed E-state index contributed by atoms with van der Waals surface area (Å²) >= 11 is 0. The zero-order chi connectivity index (χ0) is 17.4. The summed E-state index contributed by atoms with van der Waals surface area (Å²) in [6, 6.07) is 13.7. The van der Waals surface area contributed by atoms with Crippen molar-refractivity contribution in [3.63, 3.8) is 0 Å². The van der Waals surface area contributed by atoms with Crippen LogP contribution in [-0.2, 0) is 0 Å². The molecule has 2 rings (SSSR count). The fourth-order valence-electron chi connectivity index (χ4n) is 2.26. The van der Waals surface area contributed by atoms with Crippen molar-refractivity contribution in [2.75, 3.05) is 32.5 Å².